The second-order valence-electron chi connectivity index (χ2n) is 8.53. The van der Waals surface area contributed by atoms with Crippen LogP contribution in [0.4, 0.5) is 0 Å². The Morgan fingerprint density at radius 3 is 2.58 bits per heavy atom. The molecule has 5 rings (SSSR count). The highest BCUT2D eigenvalue weighted by molar-refractivity contribution is 5.78. The van der Waals surface area contributed by atoms with Gasteiger partial charge in [-0.3, -0.25) is 0 Å². The van der Waals surface area contributed by atoms with Crippen LogP contribution in [-0.4, -0.2) is 25.3 Å². The lowest BCUT2D eigenvalue weighted by molar-refractivity contribution is 0.167. The normalized spacial score (nSPS) is 15.7. The molecule has 2 aromatic heterocycles. The molecule has 31 heavy (non-hydrogen) atoms. The molecule has 1 saturated carbocycles. The summed E-state index contributed by atoms with van der Waals surface area (Å²) in [7, 11) is 0. The van der Waals surface area contributed by atoms with Gasteiger partial charge in [0.15, 0.2) is 5.65 Å². The van der Waals surface area contributed by atoms with E-state index in [2.05, 4.69) is 24.2 Å². The second-order valence-corrected chi connectivity index (χ2v) is 8.53. The van der Waals surface area contributed by atoms with Crippen LogP contribution in [0.5, 0.6) is 5.75 Å². The maximum Gasteiger partial charge on any atom is 0.162 e. The molecule has 1 aliphatic rings. The highest BCUT2D eigenvalue weighted by Gasteiger charge is 2.44. The lowest BCUT2D eigenvalue weighted by Gasteiger charge is -2.17. The van der Waals surface area contributed by atoms with E-state index >= 15 is 0 Å². The van der Waals surface area contributed by atoms with Crippen molar-refractivity contribution >= 4 is 5.65 Å². The quantitative estimate of drug-likeness (QED) is 0.414. The van der Waals surface area contributed by atoms with Crippen molar-refractivity contribution in [2.24, 2.45) is 0 Å². The molecule has 1 aliphatic carbocycles. The Hall–Kier alpha value is -3.18. The topological polar surface area (TPSA) is 59.7 Å². The second kappa shape index (κ2) is 7.82. The number of rotatable bonds is 7. The highest BCUT2D eigenvalue weighted by Crippen LogP contribution is 2.44. The zero-order valence-corrected chi connectivity index (χ0v) is 18.0. The van der Waals surface area contributed by atoms with E-state index in [0.717, 1.165) is 64.9 Å². The van der Waals surface area contributed by atoms with Gasteiger partial charge in [-0.2, -0.15) is 5.10 Å². The van der Waals surface area contributed by atoms with Crippen LogP contribution in [0.2, 0.25) is 0 Å². The van der Waals surface area contributed by atoms with Crippen molar-refractivity contribution in [1.29, 1.82) is 0 Å². The van der Waals surface area contributed by atoms with E-state index in [1.165, 1.54) is 0 Å². The molecule has 0 aliphatic heterocycles. The van der Waals surface area contributed by atoms with Gasteiger partial charge in [-0.25, -0.2) is 9.50 Å². The van der Waals surface area contributed by atoms with E-state index in [1.54, 1.807) is 6.92 Å². The molecule has 1 atom stereocenters. The zero-order valence-electron chi connectivity index (χ0n) is 18.0. The van der Waals surface area contributed by atoms with Crippen LogP contribution in [0.3, 0.4) is 0 Å². The van der Waals surface area contributed by atoms with Gasteiger partial charge in [-0.05, 0) is 61.1 Å². The highest BCUT2D eigenvalue weighted by atomic mass is 16.5. The number of aromatic nitrogens is 3. The third-order valence-corrected chi connectivity index (χ3v) is 6.07. The standard InChI is InChI=1S/C26H27N3O2/c1-3-11-26(12-13-26)31-23-9-7-19(8-10-23)22-15-27-25-24(16-28-29(25)17-22)21-6-4-5-20(14-21)18(2)30/h4-10,14-18,30H,3,11-13H2,1-2H3. The molecule has 4 aromatic rings. The van der Waals surface area contributed by atoms with Gasteiger partial charge in [0.25, 0.3) is 0 Å². The molecular weight excluding hydrogens is 386 g/mol. The van der Waals surface area contributed by atoms with Crippen molar-refractivity contribution in [3.05, 3.63) is 72.7 Å². The summed E-state index contributed by atoms with van der Waals surface area (Å²) in [5, 5.41) is 14.4. The van der Waals surface area contributed by atoms with Crippen LogP contribution in [0.1, 0.15) is 51.2 Å². The summed E-state index contributed by atoms with van der Waals surface area (Å²) in [6.07, 6.45) is 9.79. The zero-order chi connectivity index (χ0) is 21.4. The fourth-order valence-corrected chi connectivity index (χ4v) is 4.16. The molecule has 1 fully saturated rings. The average molecular weight is 414 g/mol. The molecule has 158 valence electrons. The Morgan fingerprint density at radius 2 is 1.87 bits per heavy atom. The summed E-state index contributed by atoms with van der Waals surface area (Å²) in [4.78, 5) is 4.69. The first kappa shape index (κ1) is 19.8. The minimum atomic E-state index is -0.509. The predicted molar refractivity (Wildman–Crippen MR) is 122 cm³/mol. The third-order valence-electron chi connectivity index (χ3n) is 6.07. The average Bonchev–Trinajstić information content (AvgIpc) is 3.40. The van der Waals surface area contributed by atoms with Crippen molar-refractivity contribution in [2.45, 2.75) is 51.2 Å². The number of aliphatic hydroxyl groups is 1. The first-order chi connectivity index (χ1) is 15.1. The van der Waals surface area contributed by atoms with Crippen molar-refractivity contribution in [1.82, 2.24) is 14.6 Å². The van der Waals surface area contributed by atoms with Gasteiger partial charge >= 0.3 is 0 Å². The smallest absolute Gasteiger partial charge is 0.162 e. The lowest BCUT2D eigenvalue weighted by Crippen LogP contribution is -2.17. The number of hydrogen-bond donors (Lipinski definition) is 1. The summed E-state index contributed by atoms with van der Waals surface area (Å²) in [5.74, 6) is 0.933. The predicted octanol–water partition coefficient (Wildman–Crippen LogP) is 5.83. The number of hydrogen-bond acceptors (Lipinski definition) is 4. The van der Waals surface area contributed by atoms with Crippen LogP contribution in [0, 0.1) is 0 Å². The number of benzene rings is 2. The van der Waals surface area contributed by atoms with Gasteiger partial charge in [0.2, 0.25) is 0 Å². The Balaban J connectivity index is 1.40. The third kappa shape index (κ3) is 3.93. The molecule has 0 bridgehead atoms. The van der Waals surface area contributed by atoms with E-state index in [9.17, 15) is 5.11 Å². The summed E-state index contributed by atoms with van der Waals surface area (Å²) in [5.41, 5.74) is 5.77. The Kier molecular flexibility index (Phi) is 4.98. The Bertz CT molecular complexity index is 1210. The van der Waals surface area contributed by atoms with Gasteiger partial charge in [0, 0.05) is 23.5 Å². The van der Waals surface area contributed by atoms with E-state index in [-0.39, 0.29) is 5.60 Å². The first-order valence-electron chi connectivity index (χ1n) is 11.0. The fourth-order valence-electron chi connectivity index (χ4n) is 4.16. The molecule has 1 unspecified atom stereocenters. The molecule has 0 radical (unpaired) electrons. The summed E-state index contributed by atoms with van der Waals surface area (Å²) in [6, 6.07) is 16.1. The van der Waals surface area contributed by atoms with Crippen molar-refractivity contribution in [3.8, 4) is 28.0 Å². The van der Waals surface area contributed by atoms with E-state index in [1.807, 2.05) is 59.5 Å². The van der Waals surface area contributed by atoms with Gasteiger partial charge < -0.3 is 9.84 Å². The molecule has 0 saturated heterocycles. The van der Waals surface area contributed by atoms with Gasteiger partial charge in [-0.15, -0.1) is 0 Å². The molecule has 2 aromatic carbocycles. The first-order valence-corrected chi connectivity index (χ1v) is 11.0. The molecule has 0 amide bonds. The monoisotopic (exact) mass is 413 g/mol. The van der Waals surface area contributed by atoms with Gasteiger partial charge in [-0.1, -0.05) is 43.7 Å². The van der Waals surface area contributed by atoms with Crippen LogP contribution in [0.15, 0.2) is 67.1 Å². The molecule has 5 nitrogen and oxygen atoms in total. The van der Waals surface area contributed by atoms with Crippen molar-refractivity contribution in [2.75, 3.05) is 0 Å². The molecule has 5 heteroatoms. The van der Waals surface area contributed by atoms with Crippen molar-refractivity contribution in [3.63, 3.8) is 0 Å². The summed E-state index contributed by atoms with van der Waals surface area (Å²) >= 11 is 0. The number of ether oxygens (including phenoxy) is 1. The molecular formula is C26H27N3O2. The van der Waals surface area contributed by atoms with Crippen LogP contribution < -0.4 is 4.74 Å². The van der Waals surface area contributed by atoms with Crippen molar-refractivity contribution < 1.29 is 9.84 Å². The maximum atomic E-state index is 9.89. The fraction of sp³-hybridized carbons (Fsp3) is 0.308. The van der Waals surface area contributed by atoms with Crippen LogP contribution in [-0.2, 0) is 0 Å². The number of nitrogens with zero attached hydrogens (tertiary/aromatic N) is 3. The minimum absolute atomic E-state index is 0.0767. The molecule has 2 heterocycles. The summed E-state index contributed by atoms with van der Waals surface area (Å²) in [6.45, 7) is 3.98. The van der Waals surface area contributed by atoms with E-state index in [4.69, 9.17) is 9.72 Å². The van der Waals surface area contributed by atoms with Crippen LogP contribution >= 0.6 is 0 Å². The van der Waals surface area contributed by atoms with E-state index in [0.29, 0.717) is 0 Å². The largest absolute Gasteiger partial charge is 0.487 e. The maximum absolute atomic E-state index is 9.89. The van der Waals surface area contributed by atoms with Gasteiger partial charge in [0.05, 0.1) is 12.3 Å². The van der Waals surface area contributed by atoms with Gasteiger partial charge in [0.1, 0.15) is 11.4 Å². The number of fused-ring (bicyclic) bond motifs is 1. The van der Waals surface area contributed by atoms with E-state index < -0.39 is 6.10 Å². The molecule has 0 spiro atoms. The Labute approximate surface area is 182 Å². The molecule has 1 N–H and O–H groups in total. The Morgan fingerprint density at radius 1 is 1.06 bits per heavy atom. The number of aliphatic hydroxyl groups excluding tert-OH is 1. The lowest BCUT2D eigenvalue weighted by atomic mass is 10.0. The SMILES string of the molecule is CCCC1(Oc2ccc(-c3cnc4c(-c5cccc(C(C)O)c5)cnn4c3)cc2)CC1. The summed E-state index contributed by atoms with van der Waals surface area (Å²) < 4.78 is 8.05. The van der Waals surface area contributed by atoms with Crippen LogP contribution in [0.25, 0.3) is 27.9 Å². The minimum Gasteiger partial charge on any atom is -0.487 e.